The molecule has 3 fully saturated rings. The summed E-state index contributed by atoms with van der Waals surface area (Å²) in [6.07, 6.45) is 8.63. The molecule has 8 atom stereocenters. The number of aliphatic hydroxyl groups is 2. The minimum atomic E-state index is -0.303. The molecule has 3 nitrogen and oxygen atoms in total. The predicted molar refractivity (Wildman–Crippen MR) is 97.8 cm³/mol. The van der Waals surface area contributed by atoms with Crippen molar-refractivity contribution in [3.63, 3.8) is 0 Å². The van der Waals surface area contributed by atoms with Crippen molar-refractivity contribution in [2.45, 2.75) is 71.8 Å². The summed E-state index contributed by atoms with van der Waals surface area (Å²) < 4.78 is 0. The van der Waals surface area contributed by atoms with Gasteiger partial charge in [-0.15, -0.1) is 0 Å². The SMILES string of the molecule is C[C@H](CO)[C@H]1CC[C@H]2[C@@H]3[C@H](O)CC4=CC(=O)CC[C@]4(C)[C@H]3CC[C@]12C. The minimum Gasteiger partial charge on any atom is -0.396 e. The molecule has 0 spiro atoms. The van der Waals surface area contributed by atoms with Crippen LogP contribution >= 0.6 is 0 Å². The average Bonchev–Trinajstić information content (AvgIpc) is 2.93. The highest BCUT2D eigenvalue weighted by Crippen LogP contribution is 2.67. The van der Waals surface area contributed by atoms with Crippen LogP contribution < -0.4 is 0 Å². The highest BCUT2D eigenvalue weighted by atomic mass is 16.3. The molecule has 4 aliphatic carbocycles. The third kappa shape index (κ3) is 2.41. The summed E-state index contributed by atoms with van der Waals surface area (Å²) in [5, 5.41) is 20.8. The highest BCUT2D eigenvalue weighted by molar-refractivity contribution is 5.91. The molecule has 25 heavy (non-hydrogen) atoms. The molecule has 4 aliphatic rings. The Labute approximate surface area is 151 Å². The van der Waals surface area contributed by atoms with Crippen molar-refractivity contribution in [2.75, 3.05) is 6.61 Å². The van der Waals surface area contributed by atoms with E-state index in [1.54, 1.807) is 0 Å². The molecule has 0 bridgehead atoms. The van der Waals surface area contributed by atoms with Gasteiger partial charge in [0.05, 0.1) is 6.10 Å². The van der Waals surface area contributed by atoms with E-state index >= 15 is 0 Å². The predicted octanol–water partition coefficient (Wildman–Crippen LogP) is 3.73. The van der Waals surface area contributed by atoms with Crippen LogP contribution in [0.1, 0.15) is 65.7 Å². The van der Waals surface area contributed by atoms with Gasteiger partial charge in [-0.05, 0) is 85.0 Å². The van der Waals surface area contributed by atoms with E-state index in [1.807, 2.05) is 6.08 Å². The molecule has 140 valence electrons. The number of hydrogen-bond donors (Lipinski definition) is 2. The average molecular weight is 347 g/mol. The van der Waals surface area contributed by atoms with E-state index in [0.29, 0.717) is 42.4 Å². The molecule has 0 aromatic rings. The van der Waals surface area contributed by atoms with E-state index in [9.17, 15) is 15.0 Å². The maximum Gasteiger partial charge on any atom is 0.155 e. The third-order valence-electron chi connectivity index (χ3n) is 9.03. The number of aliphatic hydroxyl groups excluding tert-OH is 2. The number of carbonyl (C=O) groups is 1. The molecule has 0 aromatic carbocycles. The Kier molecular flexibility index (Phi) is 4.20. The van der Waals surface area contributed by atoms with E-state index in [1.165, 1.54) is 24.8 Å². The lowest BCUT2D eigenvalue weighted by molar-refractivity contribution is -0.125. The van der Waals surface area contributed by atoms with Crippen molar-refractivity contribution >= 4 is 5.78 Å². The number of carbonyl (C=O) groups excluding carboxylic acids is 1. The van der Waals surface area contributed by atoms with Gasteiger partial charge >= 0.3 is 0 Å². The minimum absolute atomic E-state index is 0.111. The Morgan fingerprint density at radius 3 is 2.68 bits per heavy atom. The molecular weight excluding hydrogens is 312 g/mol. The van der Waals surface area contributed by atoms with Crippen LogP contribution in [0.3, 0.4) is 0 Å². The largest absolute Gasteiger partial charge is 0.396 e. The first-order valence-electron chi connectivity index (χ1n) is 10.3. The van der Waals surface area contributed by atoms with Crippen LogP contribution in [-0.2, 0) is 4.79 Å². The van der Waals surface area contributed by atoms with Gasteiger partial charge in [-0.3, -0.25) is 4.79 Å². The highest BCUT2D eigenvalue weighted by Gasteiger charge is 2.61. The lowest BCUT2D eigenvalue weighted by Gasteiger charge is -2.59. The number of fused-ring (bicyclic) bond motifs is 5. The fraction of sp³-hybridized carbons (Fsp3) is 0.864. The van der Waals surface area contributed by atoms with Gasteiger partial charge in [0.2, 0.25) is 0 Å². The van der Waals surface area contributed by atoms with Crippen LogP contribution in [0.5, 0.6) is 0 Å². The van der Waals surface area contributed by atoms with E-state index in [0.717, 1.165) is 12.8 Å². The summed E-state index contributed by atoms with van der Waals surface area (Å²) in [6, 6.07) is 0. The Hall–Kier alpha value is -0.670. The molecule has 3 heteroatoms. The van der Waals surface area contributed by atoms with Crippen LogP contribution in [0.25, 0.3) is 0 Å². The third-order valence-corrected chi connectivity index (χ3v) is 9.03. The van der Waals surface area contributed by atoms with Crippen molar-refractivity contribution in [1.82, 2.24) is 0 Å². The van der Waals surface area contributed by atoms with Crippen LogP contribution in [0.4, 0.5) is 0 Å². The molecule has 0 heterocycles. The molecule has 2 N–H and O–H groups in total. The standard InChI is InChI=1S/C22H34O3/c1-13(12-23)16-4-5-17-20-18(7-9-22(16,17)3)21(2)8-6-15(24)10-14(21)11-19(20)25/h10,13,16-20,23,25H,4-9,11-12H2,1-3H3/t13-,16-,17+,18+,19-,20+,21+,22-/m1/s1. The smallest absolute Gasteiger partial charge is 0.155 e. The zero-order valence-corrected chi connectivity index (χ0v) is 16.0. The van der Waals surface area contributed by atoms with Crippen LogP contribution in [-0.4, -0.2) is 28.7 Å². The van der Waals surface area contributed by atoms with Gasteiger partial charge in [0.25, 0.3) is 0 Å². The Balaban J connectivity index is 1.68. The second-order valence-corrected chi connectivity index (χ2v) is 10.0. The second kappa shape index (κ2) is 5.92. The number of rotatable bonds is 2. The van der Waals surface area contributed by atoms with E-state index in [4.69, 9.17) is 0 Å². The van der Waals surface area contributed by atoms with Gasteiger partial charge in [0, 0.05) is 13.0 Å². The first-order chi connectivity index (χ1) is 11.8. The molecule has 0 radical (unpaired) electrons. The van der Waals surface area contributed by atoms with E-state index in [2.05, 4.69) is 20.8 Å². The molecule has 3 saturated carbocycles. The lowest BCUT2D eigenvalue weighted by atomic mass is 9.46. The normalized spacial score (nSPS) is 50.5. The quantitative estimate of drug-likeness (QED) is 0.801. The van der Waals surface area contributed by atoms with Crippen molar-refractivity contribution in [2.24, 2.45) is 40.4 Å². The fourth-order valence-corrected chi connectivity index (χ4v) is 7.63. The summed E-state index contributed by atoms with van der Waals surface area (Å²) in [5.74, 6) is 2.62. The maximum absolute atomic E-state index is 11.9. The summed E-state index contributed by atoms with van der Waals surface area (Å²) in [6.45, 7) is 7.26. The molecular formula is C22H34O3. The maximum atomic E-state index is 11.9. The molecule has 0 unspecified atom stereocenters. The van der Waals surface area contributed by atoms with Crippen molar-refractivity contribution in [3.8, 4) is 0 Å². The Morgan fingerprint density at radius 1 is 1.20 bits per heavy atom. The monoisotopic (exact) mass is 346 g/mol. The topological polar surface area (TPSA) is 57.5 Å². The van der Waals surface area contributed by atoms with Gasteiger partial charge in [-0.1, -0.05) is 26.3 Å². The fourth-order valence-electron chi connectivity index (χ4n) is 7.63. The zero-order chi connectivity index (χ0) is 18.0. The molecule has 4 rings (SSSR count). The first kappa shape index (κ1) is 17.7. The molecule has 0 aromatic heterocycles. The summed E-state index contributed by atoms with van der Waals surface area (Å²) >= 11 is 0. The summed E-state index contributed by atoms with van der Waals surface area (Å²) in [7, 11) is 0. The van der Waals surface area contributed by atoms with Crippen LogP contribution in [0.2, 0.25) is 0 Å². The Bertz CT molecular complexity index is 596. The second-order valence-electron chi connectivity index (χ2n) is 10.0. The molecule has 0 amide bonds. The Morgan fingerprint density at radius 2 is 1.96 bits per heavy atom. The van der Waals surface area contributed by atoms with E-state index < -0.39 is 0 Å². The summed E-state index contributed by atoms with van der Waals surface area (Å²) in [4.78, 5) is 11.9. The molecule has 0 saturated heterocycles. The van der Waals surface area contributed by atoms with Crippen molar-refractivity contribution < 1.29 is 15.0 Å². The number of hydrogen-bond acceptors (Lipinski definition) is 3. The van der Waals surface area contributed by atoms with Crippen LogP contribution in [0, 0.1) is 40.4 Å². The van der Waals surface area contributed by atoms with Gasteiger partial charge in [-0.25, -0.2) is 0 Å². The van der Waals surface area contributed by atoms with Gasteiger partial charge in [0.15, 0.2) is 5.78 Å². The van der Waals surface area contributed by atoms with Crippen molar-refractivity contribution in [1.29, 1.82) is 0 Å². The zero-order valence-electron chi connectivity index (χ0n) is 16.0. The van der Waals surface area contributed by atoms with Gasteiger partial charge in [0.1, 0.15) is 0 Å². The van der Waals surface area contributed by atoms with Crippen molar-refractivity contribution in [3.05, 3.63) is 11.6 Å². The lowest BCUT2D eigenvalue weighted by Crippen LogP contribution is -2.55. The van der Waals surface area contributed by atoms with Gasteiger partial charge in [-0.2, -0.15) is 0 Å². The first-order valence-corrected chi connectivity index (χ1v) is 10.3. The molecule has 0 aliphatic heterocycles. The van der Waals surface area contributed by atoms with Gasteiger partial charge < -0.3 is 10.2 Å². The van der Waals surface area contributed by atoms with E-state index in [-0.39, 0.29) is 29.3 Å². The number of ketones is 1. The summed E-state index contributed by atoms with van der Waals surface area (Å²) in [5.41, 5.74) is 1.59. The van der Waals surface area contributed by atoms with Crippen LogP contribution in [0.15, 0.2) is 11.6 Å².